The van der Waals surface area contributed by atoms with Gasteiger partial charge < -0.3 is 9.64 Å². The molecule has 2 heterocycles. The average Bonchev–Trinajstić information content (AvgIpc) is 3.14. The number of benzene rings is 1. The largest absolute Gasteiger partial charge is 0.495 e. The van der Waals surface area contributed by atoms with Crippen LogP contribution in [0.5, 0.6) is 5.75 Å². The minimum absolute atomic E-state index is 0.00917. The second kappa shape index (κ2) is 8.93. The summed E-state index contributed by atoms with van der Waals surface area (Å²) < 4.78 is 35.2. The summed E-state index contributed by atoms with van der Waals surface area (Å²) >= 11 is 0. The third kappa shape index (κ3) is 4.77. The number of aromatic nitrogens is 2. The zero-order chi connectivity index (χ0) is 21.0. The molecule has 0 aliphatic carbocycles. The van der Waals surface area contributed by atoms with Crippen LogP contribution < -0.4 is 4.74 Å². The van der Waals surface area contributed by atoms with Crippen LogP contribution in [0.25, 0.3) is 5.69 Å². The molecule has 1 aliphatic rings. The number of sulfonamides is 1. The number of ether oxygens (including phenoxy) is 1. The number of carbonyl (C=O) groups is 1. The average molecular weight is 422 g/mol. The maximum atomic E-state index is 13.4. The first-order valence-corrected chi connectivity index (χ1v) is 10.9. The van der Waals surface area contributed by atoms with Gasteiger partial charge in [0.1, 0.15) is 10.6 Å². The Hall–Kier alpha value is -2.43. The van der Waals surface area contributed by atoms with Gasteiger partial charge in [0.05, 0.1) is 19.3 Å². The first-order chi connectivity index (χ1) is 13.8. The Bertz CT molecular complexity index is 944. The minimum atomic E-state index is -3.76. The first kappa shape index (κ1) is 21.3. The molecule has 0 unspecified atom stereocenters. The predicted octanol–water partition coefficient (Wildman–Crippen LogP) is 0.666. The maximum absolute atomic E-state index is 13.4. The van der Waals surface area contributed by atoms with Gasteiger partial charge in [0.25, 0.3) is 0 Å². The van der Waals surface area contributed by atoms with Crippen molar-refractivity contribution in [1.29, 1.82) is 0 Å². The van der Waals surface area contributed by atoms with Gasteiger partial charge >= 0.3 is 0 Å². The second-order valence-electron chi connectivity index (χ2n) is 7.11. The van der Waals surface area contributed by atoms with Gasteiger partial charge in [-0.15, -0.1) is 0 Å². The summed E-state index contributed by atoms with van der Waals surface area (Å²) in [6, 6.07) is 6.77. The van der Waals surface area contributed by atoms with Gasteiger partial charge in [-0.3, -0.25) is 9.69 Å². The summed E-state index contributed by atoms with van der Waals surface area (Å²) in [6.07, 6.45) is 4.04. The molecule has 1 aliphatic heterocycles. The summed E-state index contributed by atoms with van der Waals surface area (Å²) in [5.41, 5.74) is 0.641. The fourth-order valence-electron chi connectivity index (χ4n) is 3.25. The fourth-order valence-corrected chi connectivity index (χ4v) is 4.89. The molecular weight excluding hydrogens is 394 g/mol. The molecule has 0 radical (unpaired) electrons. The Morgan fingerprint density at radius 2 is 2.00 bits per heavy atom. The van der Waals surface area contributed by atoms with Crippen LogP contribution >= 0.6 is 0 Å². The lowest BCUT2D eigenvalue weighted by atomic mass is 10.3. The highest BCUT2D eigenvalue weighted by atomic mass is 32.2. The van der Waals surface area contributed by atoms with Gasteiger partial charge in [-0.25, -0.2) is 13.1 Å². The lowest BCUT2D eigenvalue weighted by molar-refractivity contribution is -0.129. The Labute approximate surface area is 171 Å². The van der Waals surface area contributed by atoms with Crippen LogP contribution in [0.3, 0.4) is 0 Å². The van der Waals surface area contributed by atoms with E-state index in [0.717, 1.165) is 0 Å². The zero-order valence-corrected chi connectivity index (χ0v) is 17.8. The molecule has 1 aromatic heterocycles. The second-order valence-corrected chi connectivity index (χ2v) is 9.01. The van der Waals surface area contributed by atoms with Crippen molar-refractivity contribution in [2.24, 2.45) is 0 Å². The van der Waals surface area contributed by atoms with E-state index in [0.29, 0.717) is 50.6 Å². The summed E-state index contributed by atoms with van der Waals surface area (Å²) in [7, 11) is 1.13. The summed E-state index contributed by atoms with van der Waals surface area (Å²) in [5, 5.41) is 4.17. The zero-order valence-electron chi connectivity index (χ0n) is 17.0. The molecule has 1 fully saturated rings. The summed E-state index contributed by atoms with van der Waals surface area (Å²) in [5.74, 6) is 0.305. The van der Waals surface area contributed by atoms with Crippen LogP contribution in [0, 0.1) is 0 Å². The Kier molecular flexibility index (Phi) is 6.56. The van der Waals surface area contributed by atoms with E-state index in [2.05, 4.69) is 5.10 Å². The Balaban J connectivity index is 1.83. The molecule has 0 bridgehead atoms. The molecule has 0 atom stereocenters. The van der Waals surface area contributed by atoms with Crippen LogP contribution in [-0.4, -0.2) is 92.1 Å². The third-order valence-corrected chi connectivity index (χ3v) is 6.86. The molecule has 29 heavy (non-hydrogen) atoms. The van der Waals surface area contributed by atoms with Crippen LogP contribution in [0.1, 0.15) is 6.42 Å². The number of methoxy groups -OCH3 is 1. The van der Waals surface area contributed by atoms with Crippen LogP contribution in [0.15, 0.2) is 41.6 Å². The van der Waals surface area contributed by atoms with E-state index < -0.39 is 10.0 Å². The smallest absolute Gasteiger partial charge is 0.246 e. The van der Waals surface area contributed by atoms with E-state index in [-0.39, 0.29) is 10.8 Å². The van der Waals surface area contributed by atoms with Gasteiger partial charge in [-0.2, -0.15) is 9.40 Å². The monoisotopic (exact) mass is 421 g/mol. The van der Waals surface area contributed by atoms with Crippen molar-refractivity contribution < 1.29 is 17.9 Å². The highest BCUT2D eigenvalue weighted by molar-refractivity contribution is 7.89. The molecule has 0 N–H and O–H groups in total. The van der Waals surface area contributed by atoms with Gasteiger partial charge in [0, 0.05) is 46.1 Å². The number of likely N-dealkylation sites (N-methyl/N-ethyl adjacent to an activating group) is 1. The molecule has 0 saturated carbocycles. The van der Waals surface area contributed by atoms with Gasteiger partial charge in [0.15, 0.2) is 0 Å². The van der Waals surface area contributed by atoms with Crippen LogP contribution in [-0.2, 0) is 14.8 Å². The fraction of sp³-hybridized carbons (Fsp3) is 0.474. The number of hydrogen-bond acceptors (Lipinski definition) is 6. The maximum Gasteiger partial charge on any atom is 0.246 e. The van der Waals surface area contributed by atoms with E-state index in [9.17, 15) is 13.2 Å². The van der Waals surface area contributed by atoms with E-state index in [1.54, 1.807) is 60.3 Å². The topological polar surface area (TPSA) is 88.0 Å². The molecule has 0 spiro atoms. The molecule has 2 aromatic rings. The van der Waals surface area contributed by atoms with Crippen molar-refractivity contribution in [3.8, 4) is 11.4 Å². The van der Waals surface area contributed by atoms with E-state index in [1.165, 1.54) is 11.4 Å². The lowest BCUT2D eigenvalue weighted by Crippen LogP contribution is -2.39. The minimum Gasteiger partial charge on any atom is -0.495 e. The lowest BCUT2D eigenvalue weighted by Gasteiger charge is -2.23. The van der Waals surface area contributed by atoms with Crippen LogP contribution in [0.2, 0.25) is 0 Å². The molecule has 9 nitrogen and oxygen atoms in total. The first-order valence-electron chi connectivity index (χ1n) is 9.43. The summed E-state index contributed by atoms with van der Waals surface area (Å²) in [4.78, 5) is 15.6. The van der Waals surface area contributed by atoms with Crippen molar-refractivity contribution in [1.82, 2.24) is 23.9 Å². The highest BCUT2D eigenvalue weighted by Gasteiger charge is 2.30. The van der Waals surface area contributed by atoms with Gasteiger partial charge in [0.2, 0.25) is 15.9 Å². The molecule has 1 aromatic carbocycles. The van der Waals surface area contributed by atoms with Crippen LogP contribution in [0.4, 0.5) is 0 Å². The van der Waals surface area contributed by atoms with E-state index in [4.69, 9.17) is 4.74 Å². The number of nitrogens with zero attached hydrogens (tertiary/aromatic N) is 5. The SMILES string of the molecule is COc1ccc(-n2cccn2)cc1S(=O)(=O)N1CCCN(CC(=O)N(C)C)CC1. The Morgan fingerprint density at radius 1 is 1.21 bits per heavy atom. The van der Waals surface area contributed by atoms with Crippen molar-refractivity contribution in [2.45, 2.75) is 11.3 Å². The summed E-state index contributed by atoms with van der Waals surface area (Å²) in [6.45, 7) is 2.18. The molecule has 1 amide bonds. The third-order valence-electron chi connectivity index (χ3n) is 4.94. The van der Waals surface area contributed by atoms with Gasteiger partial charge in [-0.05, 0) is 37.2 Å². The Morgan fingerprint density at radius 3 is 2.66 bits per heavy atom. The number of rotatable bonds is 6. The number of hydrogen-bond donors (Lipinski definition) is 0. The molecule has 158 valence electrons. The standard InChI is InChI=1S/C19H27N5O4S/c1-21(2)19(25)15-22-9-5-10-23(13-12-22)29(26,27)18-14-16(6-7-17(18)28-3)24-11-4-8-20-24/h4,6-8,11,14H,5,9-10,12-13,15H2,1-3H3. The van der Waals surface area contributed by atoms with Crippen molar-refractivity contribution in [2.75, 3.05) is 53.9 Å². The molecule has 1 saturated heterocycles. The molecule has 3 rings (SSSR count). The quantitative estimate of drug-likeness (QED) is 0.681. The van der Waals surface area contributed by atoms with E-state index in [1.807, 2.05) is 4.90 Å². The number of amides is 1. The highest BCUT2D eigenvalue weighted by Crippen LogP contribution is 2.29. The number of carbonyl (C=O) groups excluding carboxylic acids is 1. The van der Waals surface area contributed by atoms with Gasteiger partial charge in [-0.1, -0.05) is 0 Å². The molecular formula is C19H27N5O4S. The normalized spacial score (nSPS) is 16.4. The van der Waals surface area contributed by atoms with E-state index >= 15 is 0 Å². The van der Waals surface area contributed by atoms with Crippen molar-refractivity contribution in [3.63, 3.8) is 0 Å². The van der Waals surface area contributed by atoms with Crippen molar-refractivity contribution in [3.05, 3.63) is 36.7 Å². The molecule has 10 heteroatoms. The predicted molar refractivity (Wildman–Crippen MR) is 109 cm³/mol. The van der Waals surface area contributed by atoms with Crippen molar-refractivity contribution >= 4 is 15.9 Å².